The molecule has 0 bridgehead atoms. The standard InChI is InChI=1S/C20H22ClN3O2/c1-13-17(21)9-22-10-18(13)23-20(25)24-11-15(14-5-3-2-4-6-14)16-12-26-8-7-19(16)24/h2-6,9-10,15-16,19H,7-8,11-12H2,1H3,(H,23,25). The van der Waals surface area contributed by atoms with Crippen LogP contribution >= 0.6 is 11.6 Å². The number of carbonyl (C=O) groups excluding carboxylic acids is 1. The van der Waals surface area contributed by atoms with Gasteiger partial charge in [-0.25, -0.2) is 4.79 Å². The lowest BCUT2D eigenvalue weighted by atomic mass is 9.84. The van der Waals surface area contributed by atoms with E-state index in [9.17, 15) is 4.79 Å². The van der Waals surface area contributed by atoms with E-state index in [1.807, 2.05) is 17.9 Å². The average molecular weight is 372 g/mol. The predicted octanol–water partition coefficient (Wildman–Crippen LogP) is 4.08. The summed E-state index contributed by atoms with van der Waals surface area (Å²) in [5, 5.41) is 3.55. The summed E-state index contributed by atoms with van der Waals surface area (Å²) in [7, 11) is 0. The third-order valence-corrected chi connectivity index (χ3v) is 5.94. The Hall–Kier alpha value is -2.11. The highest BCUT2D eigenvalue weighted by Gasteiger charge is 2.45. The molecule has 1 aromatic carbocycles. The molecule has 2 aromatic rings. The molecule has 0 saturated carbocycles. The monoisotopic (exact) mass is 371 g/mol. The van der Waals surface area contributed by atoms with Crippen LogP contribution in [0.15, 0.2) is 42.7 Å². The predicted molar refractivity (Wildman–Crippen MR) is 102 cm³/mol. The smallest absolute Gasteiger partial charge is 0.322 e. The zero-order valence-electron chi connectivity index (χ0n) is 14.7. The number of rotatable bonds is 2. The van der Waals surface area contributed by atoms with Crippen molar-refractivity contribution in [1.82, 2.24) is 9.88 Å². The van der Waals surface area contributed by atoms with Crippen molar-refractivity contribution in [2.45, 2.75) is 25.3 Å². The van der Waals surface area contributed by atoms with Gasteiger partial charge in [0.05, 0.1) is 23.5 Å². The lowest BCUT2D eigenvalue weighted by Crippen LogP contribution is -2.44. The van der Waals surface area contributed by atoms with Gasteiger partial charge in [-0.3, -0.25) is 4.98 Å². The molecule has 2 amide bonds. The maximum Gasteiger partial charge on any atom is 0.322 e. The van der Waals surface area contributed by atoms with Gasteiger partial charge in [-0.15, -0.1) is 0 Å². The second-order valence-corrected chi connectivity index (χ2v) is 7.40. The van der Waals surface area contributed by atoms with Crippen LogP contribution in [0.5, 0.6) is 0 Å². The Morgan fingerprint density at radius 1 is 1.31 bits per heavy atom. The highest BCUT2D eigenvalue weighted by molar-refractivity contribution is 6.31. The average Bonchev–Trinajstić information content (AvgIpc) is 3.06. The van der Waals surface area contributed by atoms with Gasteiger partial charge in [0, 0.05) is 37.2 Å². The third kappa shape index (κ3) is 3.17. The fraction of sp³-hybridized carbons (Fsp3) is 0.400. The van der Waals surface area contributed by atoms with Gasteiger partial charge in [0.1, 0.15) is 0 Å². The van der Waals surface area contributed by atoms with Gasteiger partial charge in [-0.05, 0) is 24.5 Å². The molecule has 4 rings (SSSR count). The van der Waals surface area contributed by atoms with Crippen molar-refractivity contribution < 1.29 is 9.53 Å². The van der Waals surface area contributed by atoms with Crippen LogP contribution in [0, 0.1) is 12.8 Å². The van der Waals surface area contributed by atoms with Gasteiger partial charge < -0.3 is 15.0 Å². The highest BCUT2D eigenvalue weighted by atomic mass is 35.5. The van der Waals surface area contributed by atoms with E-state index in [2.05, 4.69) is 34.6 Å². The quantitative estimate of drug-likeness (QED) is 0.865. The first-order chi connectivity index (χ1) is 12.6. The number of hydrogen-bond donors (Lipinski definition) is 1. The summed E-state index contributed by atoms with van der Waals surface area (Å²) in [6.45, 7) is 3.98. The summed E-state index contributed by atoms with van der Waals surface area (Å²) in [6, 6.07) is 10.5. The zero-order valence-corrected chi connectivity index (χ0v) is 15.4. The van der Waals surface area contributed by atoms with Crippen molar-refractivity contribution >= 4 is 23.3 Å². The number of benzene rings is 1. The molecule has 1 aromatic heterocycles. The van der Waals surface area contributed by atoms with Crippen LogP contribution in [0.3, 0.4) is 0 Å². The lowest BCUT2D eigenvalue weighted by molar-refractivity contribution is 0.0272. The fourth-order valence-electron chi connectivity index (χ4n) is 4.10. The number of pyridine rings is 1. The number of likely N-dealkylation sites (tertiary alicyclic amines) is 1. The van der Waals surface area contributed by atoms with Crippen LogP contribution in [0.1, 0.15) is 23.5 Å². The minimum atomic E-state index is -0.0903. The molecule has 0 aliphatic carbocycles. The molecule has 26 heavy (non-hydrogen) atoms. The Morgan fingerprint density at radius 3 is 2.92 bits per heavy atom. The third-order valence-electron chi connectivity index (χ3n) is 5.56. The number of nitrogens with one attached hydrogen (secondary N) is 1. The largest absolute Gasteiger partial charge is 0.381 e. The van der Waals surface area contributed by atoms with E-state index in [4.69, 9.17) is 16.3 Å². The molecule has 2 saturated heterocycles. The summed E-state index contributed by atoms with van der Waals surface area (Å²) in [5.41, 5.74) is 2.76. The second-order valence-electron chi connectivity index (χ2n) is 6.99. The van der Waals surface area contributed by atoms with E-state index in [1.165, 1.54) is 5.56 Å². The zero-order chi connectivity index (χ0) is 18.1. The molecule has 6 heteroatoms. The minimum absolute atomic E-state index is 0.0903. The molecule has 3 heterocycles. The normalized spacial score (nSPS) is 25.0. The Balaban J connectivity index is 1.57. The number of fused-ring (bicyclic) bond motifs is 1. The molecular formula is C20H22ClN3O2. The Kier molecular flexibility index (Phi) is 4.83. The summed E-state index contributed by atoms with van der Waals surface area (Å²) in [6.07, 6.45) is 4.10. The van der Waals surface area contributed by atoms with Crippen LogP contribution in [0.25, 0.3) is 0 Å². The van der Waals surface area contributed by atoms with Crippen LogP contribution in [0.2, 0.25) is 5.02 Å². The number of ether oxygens (including phenoxy) is 1. The van der Waals surface area contributed by atoms with Crippen LogP contribution in [-0.2, 0) is 4.74 Å². The lowest BCUT2D eigenvalue weighted by Gasteiger charge is -2.32. The van der Waals surface area contributed by atoms with Crippen molar-refractivity contribution in [1.29, 1.82) is 0 Å². The molecule has 2 aliphatic rings. The molecule has 3 unspecified atom stereocenters. The molecular weight excluding hydrogens is 350 g/mol. The first-order valence-electron chi connectivity index (χ1n) is 8.95. The van der Waals surface area contributed by atoms with Crippen LogP contribution in [-0.4, -0.2) is 41.7 Å². The van der Waals surface area contributed by atoms with E-state index in [0.29, 0.717) is 42.3 Å². The fourth-order valence-corrected chi connectivity index (χ4v) is 4.26. The van der Waals surface area contributed by atoms with Crippen LogP contribution in [0.4, 0.5) is 10.5 Å². The van der Waals surface area contributed by atoms with Crippen molar-refractivity contribution in [3.05, 3.63) is 58.9 Å². The maximum atomic E-state index is 13.0. The van der Waals surface area contributed by atoms with E-state index in [0.717, 1.165) is 12.0 Å². The Labute approximate surface area is 158 Å². The molecule has 2 fully saturated rings. The number of halogens is 1. The first kappa shape index (κ1) is 17.3. The van der Waals surface area contributed by atoms with Gasteiger partial charge in [0.15, 0.2) is 0 Å². The van der Waals surface area contributed by atoms with Crippen molar-refractivity contribution in [3.63, 3.8) is 0 Å². The SMILES string of the molecule is Cc1c(Cl)cncc1NC(=O)N1CC(c2ccccc2)C2COCCC21. The second kappa shape index (κ2) is 7.25. The number of nitrogens with zero attached hydrogens (tertiary/aromatic N) is 2. The molecule has 136 valence electrons. The molecule has 1 N–H and O–H groups in total. The van der Waals surface area contributed by atoms with Gasteiger partial charge in [0.25, 0.3) is 0 Å². The van der Waals surface area contributed by atoms with Gasteiger partial charge in [-0.2, -0.15) is 0 Å². The number of aromatic nitrogens is 1. The Morgan fingerprint density at radius 2 is 2.12 bits per heavy atom. The number of hydrogen-bond acceptors (Lipinski definition) is 3. The van der Waals surface area contributed by atoms with Crippen LogP contribution < -0.4 is 5.32 Å². The maximum absolute atomic E-state index is 13.0. The van der Waals surface area contributed by atoms with E-state index < -0.39 is 0 Å². The first-order valence-corrected chi connectivity index (χ1v) is 9.33. The molecule has 2 aliphatic heterocycles. The summed E-state index contributed by atoms with van der Waals surface area (Å²) < 4.78 is 5.73. The van der Waals surface area contributed by atoms with Crippen molar-refractivity contribution in [3.8, 4) is 0 Å². The molecule has 0 spiro atoms. The number of carbonyl (C=O) groups is 1. The topological polar surface area (TPSA) is 54.5 Å². The van der Waals surface area contributed by atoms with Crippen molar-refractivity contribution in [2.75, 3.05) is 25.1 Å². The summed E-state index contributed by atoms with van der Waals surface area (Å²) >= 11 is 6.13. The van der Waals surface area contributed by atoms with Crippen molar-refractivity contribution in [2.24, 2.45) is 5.92 Å². The number of anilines is 1. The summed E-state index contributed by atoms with van der Waals surface area (Å²) in [4.78, 5) is 19.1. The Bertz CT molecular complexity index is 799. The van der Waals surface area contributed by atoms with Gasteiger partial charge in [0.2, 0.25) is 0 Å². The number of amides is 2. The number of urea groups is 1. The van der Waals surface area contributed by atoms with Gasteiger partial charge in [-0.1, -0.05) is 41.9 Å². The molecule has 0 radical (unpaired) electrons. The van der Waals surface area contributed by atoms with E-state index in [1.54, 1.807) is 12.4 Å². The van der Waals surface area contributed by atoms with E-state index in [-0.39, 0.29) is 12.1 Å². The molecule has 3 atom stereocenters. The van der Waals surface area contributed by atoms with E-state index >= 15 is 0 Å². The summed E-state index contributed by atoms with van der Waals surface area (Å²) in [5.74, 6) is 0.626. The minimum Gasteiger partial charge on any atom is -0.381 e. The molecule has 5 nitrogen and oxygen atoms in total. The highest BCUT2D eigenvalue weighted by Crippen LogP contribution is 2.41. The van der Waals surface area contributed by atoms with Gasteiger partial charge >= 0.3 is 6.03 Å².